The second-order valence-electron chi connectivity index (χ2n) is 5.00. The van der Waals surface area contributed by atoms with Crippen molar-refractivity contribution < 1.29 is 14.3 Å². The SMILES string of the molecule is COC(OC)C(C)N(C(=O)c1cc(Br)n(C)n1)C1CC1. The van der Waals surface area contributed by atoms with E-state index in [-0.39, 0.29) is 18.0 Å². The molecule has 1 heterocycles. The predicted molar refractivity (Wildman–Crippen MR) is 77.4 cm³/mol. The molecule has 0 saturated heterocycles. The standard InChI is InChI=1S/C13H20BrN3O3/c1-8(13(19-3)20-4)17(9-5-6-9)12(18)10-7-11(14)16(2)15-10/h7-9,13H,5-6H2,1-4H3. The summed E-state index contributed by atoms with van der Waals surface area (Å²) in [5.41, 5.74) is 0.434. The number of hydrogen-bond acceptors (Lipinski definition) is 4. The van der Waals surface area contributed by atoms with Gasteiger partial charge in [0.1, 0.15) is 4.60 Å². The van der Waals surface area contributed by atoms with Crippen molar-refractivity contribution in [2.45, 2.75) is 38.1 Å². The summed E-state index contributed by atoms with van der Waals surface area (Å²) in [6.07, 6.45) is 1.60. The fourth-order valence-electron chi connectivity index (χ4n) is 2.34. The Bertz CT molecular complexity index is 464. The van der Waals surface area contributed by atoms with E-state index in [9.17, 15) is 4.79 Å². The van der Waals surface area contributed by atoms with Gasteiger partial charge >= 0.3 is 0 Å². The summed E-state index contributed by atoms with van der Waals surface area (Å²) in [4.78, 5) is 14.5. The molecule has 6 nitrogen and oxygen atoms in total. The Balaban J connectivity index is 2.22. The Morgan fingerprint density at radius 1 is 1.50 bits per heavy atom. The van der Waals surface area contributed by atoms with E-state index in [1.807, 2.05) is 11.8 Å². The van der Waals surface area contributed by atoms with Crippen LogP contribution >= 0.6 is 15.9 Å². The van der Waals surface area contributed by atoms with Gasteiger partial charge in [-0.25, -0.2) is 0 Å². The molecule has 0 N–H and O–H groups in total. The van der Waals surface area contributed by atoms with Crippen LogP contribution in [0.1, 0.15) is 30.3 Å². The topological polar surface area (TPSA) is 56.6 Å². The second-order valence-corrected chi connectivity index (χ2v) is 5.81. The van der Waals surface area contributed by atoms with Gasteiger partial charge in [-0.1, -0.05) is 0 Å². The van der Waals surface area contributed by atoms with Gasteiger partial charge in [0.2, 0.25) is 0 Å². The van der Waals surface area contributed by atoms with Crippen LogP contribution in [-0.2, 0) is 16.5 Å². The zero-order valence-electron chi connectivity index (χ0n) is 12.2. The molecule has 0 radical (unpaired) electrons. The molecule has 1 fully saturated rings. The van der Waals surface area contributed by atoms with Crippen LogP contribution in [0.2, 0.25) is 0 Å². The highest BCUT2D eigenvalue weighted by Gasteiger charge is 2.40. The summed E-state index contributed by atoms with van der Waals surface area (Å²) in [6.45, 7) is 1.94. The van der Waals surface area contributed by atoms with Crippen LogP contribution in [0.15, 0.2) is 10.7 Å². The summed E-state index contributed by atoms with van der Waals surface area (Å²) >= 11 is 3.36. The molecule has 1 unspecified atom stereocenters. The maximum atomic E-state index is 12.7. The van der Waals surface area contributed by atoms with Crippen LogP contribution in [0, 0.1) is 0 Å². The lowest BCUT2D eigenvalue weighted by atomic mass is 10.2. The Morgan fingerprint density at radius 3 is 2.50 bits per heavy atom. The fourth-order valence-corrected chi connectivity index (χ4v) is 2.63. The average Bonchev–Trinajstić information content (AvgIpc) is 3.18. The molecule has 0 bridgehead atoms. The third-order valence-electron chi connectivity index (χ3n) is 3.51. The van der Waals surface area contributed by atoms with Gasteiger partial charge in [0.15, 0.2) is 12.0 Å². The third kappa shape index (κ3) is 3.05. The number of ether oxygens (including phenoxy) is 2. The number of carbonyl (C=O) groups excluding carboxylic acids is 1. The minimum Gasteiger partial charge on any atom is -0.354 e. The Kier molecular flexibility index (Phi) is 4.82. The van der Waals surface area contributed by atoms with Gasteiger partial charge in [-0.15, -0.1) is 0 Å². The number of methoxy groups -OCH3 is 2. The molecule has 0 aliphatic heterocycles. The molecule has 1 aromatic rings. The quantitative estimate of drug-likeness (QED) is 0.737. The van der Waals surface area contributed by atoms with Crippen molar-refractivity contribution in [3.63, 3.8) is 0 Å². The smallest absolute Gasteiger partial charge is 0.275 e. The minimum absolute atomic E-state index is 0.0830. The average molecular weight is 346 g/mol. The van der Waals surface area contributed by atoms with Crippen molar-refractivity contribution in [2.75, 3.05) is 14.2 Å². The third-order valence-corrected chi connectivity index (χ3v) is 4.26. The van der Waals surface area contributed by atoms with Gasteiger partial charge in [-0.05, 0) is 35.7 Å². The van der Waals surface area contributed by atoms with E-state index in [1.165, 1.54) is 0 Å². The maximum Gasteiger partial charge on any atom is 0.275 e. The maximum absolute atomic E-state index is 12.7. The van der Waals surface area contributed by atoms with Crippen molar-refractivity contribution in [1.29, 1.82) is 0 Å². The molecule has 20 heavy (non-hydrogen) atoms. The van der Waals surface area contributed by atoms with E-state index in [4.69, 9.17) is 9.47 Å². The molecule has 112 valence electrons. The van der Waals surface area contributed by atoms with Gasteiger partial charge < -0.3 is 14.4 Å². The first kappa shape index (κ1) is 15.5. The number of rotatable bonds is 6. The number of amides is 1. The molecular formula is C13H20BrN3O3. The van der Waals surface area contributed by atoms with E-state index in [0.29, 0.717) is 5.69 Å². The minimum atomic E-state index is -0.438. The molecule has 7 heteroatoms. The summed E-state index contributed by atoms with van der Waals surface area (Å²) in [5.74, 6) is -0.0830. The van der Waals surface area contributed by atoms with Crippen LogP contribution in [-0.4, -0.2) is 53.2 Å². The van der Waals surface area contributed by atoms with E-state index in [0.717, 1.165) is 17.4 Å². The summed E-state index contributed by atoms with van der Waals surface area (Å²) in [7, 11) is 4.95. The summed E-state index contributed by atoms with van der Waals surface area (Å²) in [5, 5.41) is 4.23. The highest BCUT2D eigenvalue weighted by Crippen LogP contribution is 2.31. The van der Waals surface area contributed by atoms with Gasteiger partial charge in [-0.3, -0.25) is 9.48 Å². The van der Waals surface area contributed by atoms with E-state index in [1.54, 1.807) is 32.0 Å². The summed E-state index contributed by atoms with van der Waals surface area (Å²) < 4.78 is 13.0. The summed E-state index contributed by atoms with van der Waals surface area (Å²) in [6, 6.07) is 1.83. The Hall–Kier alpha value is -0.920. The molecular weight excluding hydrogens is 326 g/mol. The molecule has 1 amide bonds. The largest absolute Gasteiger partial charge is 0.354 e. The predicted octanol–water partition coefficient (Wildman–Crippen LogP) is 1.79. The van der Waals surface area contributed by atoms with Gasteiger partial charge in [0.25, 0.3) is 5.91 Å². The first-order valence-corrected chi connectivity index (χ1v) is 7.36. The number of aromatic nitrogens is 2. The number of carbonyl (C=O) groups is 1. The molecule has 1 aliphatic carbocycles. The van der Waals surface area contributed by atoms with Crippen molar-refractivity contribution in [1.82, 2.24) is 14.7 Å². The van der Waals surface area contributed by atoms with E-state index < -0.39 is 6.29 Å². The molecule has 0 aromatic carbocycles. The molecule has 0 spiro atoms. The van der Waals surface area contributed by atoms with Crippen molar-refractivity contribution in [3.8, 4) is 0 Å². The lowest BCUT2D eigenvalue weighted by molar-refractivity contribution is -0.137. The van der Waals surface area contributed by atoms with Crippen LogP contribution in [0.5, 0.6) is 0 Å². The zero-order valence-corrected chi connectivity index (χ0v) is 13.8. The number of nitrogens with zero attached hydrogens (tertiary/aromatic N) is 3. The highest BCUT2D eigenvalue weighted by atomic mass is 79.9. The van der Waals surface area contributed by atoms with Gasteiger partial charge in [-0.2, -0.15) is 5.10 Å². The number of aryl methyl sites for hydroxylation is 1. The Morgan fingerprint density at radius 2 is 2.10 bits per heavy atom. The molecule has 2 rings (SSSR count). The van der Waals surface area contributed by atoms with Crippen LogP contribution in [0.3, 0.4) is 0 Å². The monoisotopic (exact) mass is 345 g/mol. The molecule has 1 aliphatic rings. The van der Waals surface area contributed by atoms with Crippen molar-refractivity contribution in [2.24, 2.45) is 7.05 Å². The zero-order chi connectivity index (χ0) is 14.9. The normalized spacial score (nSPS) is 16.5. The van der Waals surface area contributed by atoms with Gasteiger partial charge in [0.05, 0.1) is 6.04 Å². The first-order valence-electron chi connectivity index (χ1n) is 6.57. The number of hydrogen-bond donors (Lipinski definition) is 0. The fraction of sp³-hybridized carbons (Fsp3) is 0.692. The van der Waals surface area contributed by atoms with Crippen molar-refractivity contribution >= 4 is 21.8 Å². The van der Waals surface area contributed by atoms with Crippen LogP contribution in [0.25, 0.3) is 0 Å². The lowest BCUT2D eigenvalue weighted by Crippen LogP contribution is -2.48. The van der Waals surface area contributed by atoms with Gasteiger partial charge in [0, 0.05) is 33.4 Å². The van der Waals surface area contributed by atoms with Crippen LogP contribution in [0.4, 0.5) is 0 Å². The van der Waals surface area contributed by atoms with Crippen LogP contribution < -0.4 is 0 Å². The van der Waals surface area contributed by atoms with E-state index >= 15 is 0 Å². The highest BCUT2D eigenvalue weighted by molar-refractivity contribution is 9.10. The van der Waals surface area contributed by atoms with Crippen molar-refractivity contribution in [3.05, 3.63) is 16.4 Å². The Labute approximate surface area is 127 Å². The molecule has 1 atom stereocenters. The number of halogens is 1. The molecule has 1 saturated carbocycles. The van der Waals surface area contributed by atoms with E-state index in [2.05, 4.69) is 21.0 Å². The first-order chi connectivity index (χ1) is 9.49. The lowest BCUT2D eigenvalue weighted by Gasteiger charge is -2.32. The second kappa shape index (κ2) is 6.24. The molecule has 1 aromatic heterocycles.